The summed E-state index contributed by atoms with van der Waals surface area (Å²) in [5.74, 6) is 0. The molecule has 0 bridgehead atoms. The van der Waals surface area contributed by atoms with Crippen molar-refractivity contribution in [2.24, 2.45) is 0 Å². The SMILES string of the molecule is CCc1ccc2ccc(S(=O)(=O)C(C)(C)C)cc2c1. The average Bonchev–Trinajstić information content (AvgIpc) is 2.36. The smallest absolute Gasteiger partial charge is 0.183 e. The fraction of sp³-hybridized carbons (Fsp3) is 0.375. The largest absolute Gasteiger partial charge is 0.223 e. The maximum absolute atomic E-state index is 12.5. The van der Waals surface area contributed by atoms with Gasteiger partial charge in [0, 0.05) is 0 Å². The molecule has 0 fully saturated rings. The van der Waals surface area contributed by atoms with E-state index in [1.807, 2.05) is 12.1 Å². The molecule has 3 heteroatoms. The van der Waals surface area contributed by atoms with Crippen molar-refractivity contribution in [2.75, 3.05) is 0 Å². The van der Waals surface area contributed by atoms with Gasteiger partial charge in [0.05, 0.1) is 9.64 Å². The molecule has 2 aromatic carbocycles. The van der Waals surface area contributed by atoms with E-state index < -0.39 is 14.6 Å². The number of sulfone groups is 1. The summed E-state index contributed by atoms with van der Waals surface area (Å²) in [5, 5.41) is 2.06. The van der Waals surface area contributed by atoms with Gasteiger partial charge in [0.25, 0.3) is 0 Å². The highest BCUT2D eigenvalue weighted by Crippen LogP contribution is 2.28. The second-order valence-corrected chi connectivity index (χ2v) is 8.52. The molecule has 0 saturated carbocycles. The minimum Gasteiger partial charge on any atom is -0.223 e. The quantitative estimate of drug-likeness (QED) is 0.831. The second kappa shape index (κ2) is 4.64. The van der Waals surface area contributed by atoms with Crippen LogP contribution in [-0.4, -0.2) is 13.2 Å². The molecule has 2 rings (SSSR count). The van der Waals surface area contributed by atoms with Crippen molar-refractivity contribution in [2.45, 2.75) is 43.8 Å². The Bertz CT molecular complexity index is 707. The topological polar surface area (TPSA) is 34.1 Å². The molecule has 0 radical (unpaired) electrons. The van der Waals surface area contributed by atoms with Crippen LogP contribution in [0.2, 0.25) is 0 Å². The van der Waals surface area contributed by atoms with Crippen molar-refractivity contribution in [3.05, 3.63) is 42.0 Å². The van der Waals surface area contributed by atoms with Crippen LogP contribution in [-0.2, 0) is 16.3 Å². The zero-order valence-electron chi connectivity index (χ0n) is 11.9. The van der Waals surface area contributed by atoms with Crippen molar-refractivity contribution in [3.63, 3.8) is 0 Å². The van der Waals surface area contributed by atoms with Crippen LogP contribution in [0.4, 0.5) is 0 Å². The number of rotatable bonds is 2. The Kier molecular flexibility index (Phi) is 3.43. The van der Waals surface area contributed by atoms with E-state index in [0.29, 0.717) is 4.90 Å². The van der Waals surface area contributed by atoms with Gasteiger partial charge in [-0.2, -0.15) is 0 Å². The summed E-state index contributed by atoms with van der Waals surface area (Å²) in [6.45, 7) is 7.29. The van der Waals surface area contributed by atoms with Gasteiger partial charge in [-0.25, -0.2) is 8.42 Å². The van der Waals surface area contributed by atoms with E-state index in [1.54, 1.807) is 32.9 Å². The van der Waals surface area contributed by atoms with E-state index in [-0.39, 0.29) is 0 Å². The number of hydrogen-bond acceptors (Lipinski definition) is 2. The molecule has 19 heavy (non-hydrogen) atoms. The highest BCUT2D eigenvalue weighted by molar-refractivity contribution is 7.92. The average molecular weight is 276 g/mol. The lowest BCUT2D eigenvalue weighted by molar-refractivity contribution is 0.560. The van der Waals surface area contributed by atoms with Crippen LogP contribution in [0.15, 0.2) is 41.3 Å². The lowest BCUT2D eigenvalue weighted by atomic mass is 10.1. The zero-order valence-corrected chi connectivity index (χ0v) is 12.7. The molecule has 0 aliphatic carbocycles. The Labute approximate surface area is 115 Å². The molecule has 2 nitrogen and oxygen atoms in total. The van der Waals surface area contributed by atoms with Crippen molar-refractivity contribution in [1.29, 1.82) is 0 Å². The summed E-state index contributed by atoms with van der Waals surface area (Å²) in [7, 11) is -3.29. The maximum Gasteiger partial charge on any atom is 0.183 e. The van der Waals surface area contributed by atoms with E-state index in [0.717, 1.165) is 17.2 Å². The predicted molar refractivity (Wildman–Crippen MR) is 80.3 cm³/mol. The first-order chi connectivity index (χ1) is 8.75. The summed E-state index contributed by atoms with van der Waals surface area (Å²) in [6.07, 6.45) is 0.951. The molecule has 0 saturated heterocycles. The van der Waals surface area contributed by atoms with E-state index in [1.165, 1.54) is 5.56 Å². The first kappa shape index (κ1) is 14.1. The third-order valence-corrected chi connectivity index (χ3v) is 5.89. The van der Waals surface area contributed by atoms with Gasteiger partial charge in [0.2, 0.25) is 0 Å². The molecule has 0 heterocycles. The molecular formula is C16H20O2S. The number of hydrogen-bond donors (Lipinski definition) is 0. The summed E-state index contributed by atoms with van der Waals surface area (Å²) in [6, 6.07) is 11.6. The van der Waals surface area contributed by atoms with Crippen molar-refractivity contribution >= 4 is 20.6 Å². The van der Waals surface area contributed by atoms with Crippen LogP contribution in [0.5, 0.6) is 0 Å². The van der Waals surface area contributed by atoms with Gasteiger partial charge in [0.1, 0.15) is 0 Å². The van der Waals surface area contributed by atoms with Crippen LogP contribution in [0, 0.1) is 0 Å². The Balaban J connectivity index is 2.65. The highest BCUT2D eigenvalue weighted by Gasteiger charge is 2.30. The lowest BCUT2D eigenvalue weighted by Gasteiger charge is -2.19. The van der Waals surface area contributed by atoms with Gasteiger partial charge in [-0.15, -0.1) is 0 Å². The Hall–Kier alpha value is -1.35. The fourth-order valence-corrected chi connectivity index (χ4v) is 3.25. The van der Waals surface area contributed by atoms with Crippen molar-refractivity contribution in [3.8, 4) is 0 Å². The molecule has 0 N–H and O–H groups in total. The number of aryl methyl sites for hydroxylation is 1. The van der Waals surface area contributed by atoms with E-state index >= 15 is 0 Å². The molecule has 0 amide bonds. The molecule has 0 atom stereocenters. The molecular weight excluding hydrogens is 256 g/mol. The lowest BCUT2D eigenvalue weighted by Crippen LogP contribution is -2.27. The Morgan fingerprint density at radius 1 is 0.947 bits per heavy atom. The van der Waals surface area contributed by atoms with E-state index in [2.05, 4.69) is 19.1 Å². The third-order valence-electron chi connectivity index (χ3n) is 3.40. The van der Waals surface area contributed by atoms with Crippen LogP contribution in [0.3, 0.4) is 0 Å². The van der Waals surface area contributed by atoms with Crippen LogP contribution < -0.4 is 0 Å². The van der Waals surface area contributed by atoms with Crippen molar-refractivity contribution in [1.82, 2.24) is 0 Å². The summed E-state index contributed by atoms with van der Waals surface area (Å²) >= 11 is 0. The summed E-state index contributed by atoms with van der Waals surface area (Å²) < 4.78 is 24.1. The Morgan fingerprint density at radius 2 is 1.58 bits per heavy atom. The number of fused-ring (bicyclic) bond motifs is 1. The molecule has 0 aliphatic rings. The minimum atomic E-state index is -3.29. The van der Waals surface area contributed by atoms with Crippen molar-refractivity contribution < 1.29 is 8.42 Å². The zero-order chi connectivity index (χ0) is 14.3. The first-order valence-electron chi connectivity index (χ1n) is 6.53. The highest BCUT2D eigenvalue weighted by atomic mass is 32.2. The second-order valence-electron chi connectivity index (χ2n) is 5.81. The maximum atomic E-state index is 12.5. The van der Waals surface area contributed by atoms with Gasteiger partial charge in [0.15, 0.2) is 9.84 Å². The van der Waals surface area contributed by atoms with E-state index in [4.69, 9.17) is 0 Å². The molecule has 2 aromatic rings. The predicted octanol–water partition coefficient (Wildman–Crippen LogP) is 3.97. The molecule has 0 aliphatic heterocycles. The van der Waals surface area contributed by atoms with Gasteiger partial charge in [-0.1, -0.05) is 31.2 Å². The molecule has 102 valence electrons. The number of benzene rings is 2. The van der Waals surface area contributed by atoms with Crippen LogP contribution >= 0.6 is 0 Å². The monoisotopic (exact) mass is 276 g/mol. The van der Waals surface area contributed by atoms with Crippen LogP contribution in [0.1, 0.15) is 33.3 Å². The summed E-state index contributed by atoms with van der Waals surface area (Å²) in [4.78, 5) is 0.403. The molecule has 0 aromatic heterocycles. The van der Waals surface area contributed by atoms with Crippen LogP contribution in [0.25, 0.3) is 10.8 Å². The first-order valence-corrected chi connectivity index (χ1v) is 8.01. The minimum absolute atomic E-state index is 0.403. The van der Waals surface area contributed by atoms with Gasteiger partial charge < -0.3 is 0 Å². The Morgan fingerprint density at radius 3 is 2.16 bits per heavy atom. The van der Waals surface area contributed by atoms with Gasteiger partial charge >= 0.3 is 0 Å². The van der Waals surface area contributed by atoms with Gasteiger partial charge in [-0.3, -0.25) is 0 Å². The molecule has 0 unspecified atom stereocenters. The molecule has 0 spiro atoms. The fourth-order valence-electron chi connectivity index (χ4n) is 2.01. The van der Waals surface area contributed by atoms with Gasteiger partial charge in [-0.05, 0) is 55.7 Å². The standard InChI is InChI=1S/C16H20O2S/c1-5-12-6-7-13-8-9-15(11-14(13)10-12)19(17,18)16(2,3)4/h6-11H,5H2,1-4H3. The third kappa shape index (κ3) is 2.52. The normalized spacial score (nSPS) is 12.8. The van der Waals surface area contributed by atoms with E-state index in [9.17, 15) is 8.42 Å². The summed E-state index contributed by atoms with van der Waals surface area (Å²) in [5.41, 5.74) is 1.22.